The van der Waals surface area contributed by atoms with Gasteiger partial charge in [-0.1, -0.05) is 0 Å². The monoisotopic (exact) mass is 307 g/mol. The van der Waals surface area contributed by atoms with E-state index >= 15 is 0 Å². The van der Waals surface area contributed by atoms with Gasteiger partial charge < -0.3 is 34.2 Å². The van der Waals surface area contributed by atoms with Gasteiger partial charge in [0.1, 0.15) is 24.4 Å². The molecule has 7 heteroatoms. The summed E-state index contributed by atoms with van der Waals surface area (Å²) in [6, 6.07) is 0. The molecule has 0 aromatic heterocycles. The minimum Gasteiger partial charge on any atom is -0.379 e. The Morgan fingerprint density at radius 3 is 2.05 bits per heavy atom. The average Bonchev–Trinajstić information content (AvgIpc) is 2.52. The van der Waals surface area contributed by atoms with Gasteiger partial charge in [0.05, 0.1) is 6.61 Å². The van der Waals surface area contributed by atoms with Crippen LogP contribution in [0.5, 0.6) is 0 Å². The third-order valence-electron chi connectivity index (χ3n) is 3.66. The van der Waals surface area contributed by atoms with E-state index in [2.05, 4.69) is 0 Å². The van der Waals surface area contributed by atoms with Crippen LogP contribution in [0, 0.1) is 0 Å². The van der Waals surface area contributed by atoms with E-state index in [1.807, 2.05) is 0 Å². The molecule has 126 valence electrons. The van der Waals surface area contributed by atoms with Crippen LogP contribution in [0.25, 0.3) is 0 Å². The minimum absolute atomic E-state index is 0.269. The Morgan fingerprint density at radius 2 is 1.52 bits per heavy atom. The van der Waals surface area contributed by atoms with Gasteiger partial charge in [-0.2, -0.15) is 0 Å². The summed E-state index contributed by atoms with van der Waals surface area (Å²) in [6.45, 7) is 1.74. The summed E-state index contributed by atoms with van der Waals surface area (Å²) in [5.41, 5.74) is 5.45. The SMILES string of the molecule is COC1OC(COCCCCN)C(OC)C(OC)C1OC. The lowest BCUT2D eigenvalue weighted by atomic mass is 9.98. The Balaban J connectivity index is 2.59. The van der Waals surface area contributed by atoms with Crippen LogP contribution >= 0.6 is 0 Å². The molecule has 1 aliphatic rings. The second-order valence-electron chi connectivity index (χ2n) is 4.95. The number of hydrogen-bond donors (Lipinski definition) is 1. The van der Waals surface area contributed by atoms with Crippen LogP contribution in [-0.4, -0.2) is 78.9 Å². The molecular formula is C14H29NO6. The zero-order valence-corrected chi connectivity index (χ0v) is 13.4. The molecule has 2 N–H and O–H groups in total. The second-order valence-corrected chi connectivity index (χ2v) is 4.95. The highest BCUT2D eigenvalue weighted by Gasteiger charge is 2.47. The van der Waals surface area contributed by atoms with Crippen LogP contribution < -0.4 is 5.73 Å². The first-order valence-electron chi connectivity index (χ1n) is 7.27. The number of hydrogen-bond acceptors (Lipinski definition) is 7. The van der Waals surface area contributed by atoms with E-state index in [1.165, 1.54) is 0 Å². The zero-order chi connectivity index (χ0) is 15.7. The third-order valence-corrected chi connectivity index (χ3v) is 3.66. The normalized spacial score (nSPS) is 33.3. The van der Waals surface area contributed by atoms with Crippen LogP contribution in [0.1, 0.15) is 12.8 Å². The molecule has 0 radical (unpaired) electrons. The topological polar surface area (TPSA) is 81.4 Å². The van der Waals surface area contributed by atoms with Gasteiger partial charge in [-0.05, 0) is 19.4 Å². The fourth-order valence-corrected chi connectivity index (χ4v) is 2.55. The summed E-state index contributed by atoms with van der Waals surface area (Å²) >= 11 is 0. The van der Waals surface area contributed by atoms with E-state index in [4.69, 9.17) is 34.2 Å². The lowest BCUT2D eigenvalue weighted by molar-refractivity contribution is -0.308. The van der Waals surface area contributed by atoms with Crippen molar-refractivity contribution in [3.8, 4) is 0 Å². The van der Waals surface area contributed by atoms with E-state index in [-0.39, 0.29) is 24.4 Å². The summed E-state index contributed by atoms with van der Waals surface area (Å²) < 4.78 is 33.3. The number of methoxy groups -OCH3 is 4. The largest absolute Gasteiger partial charge is 0.379 e. The van der Waals surface area contributed by atoms with Gasteiger partial charge >= 0.3 is 0 Å². The van der Waals surface area contributed by atoms with Crippen molar-refractivity contribution in [3.05, 3.63) is 0 Å². The number of nitrogens with two attached hydrogens (primary N) is 1. The molecule has 1 fully saturated rings. The Labute approximate surface area is 126 Å². The Hall–Kier alpha value is -0.280. The summed E-state index contributed by atoms with van der Waals surface area (Å²) in [5.74, 6) is 0. The first-order valence-corrected chi connectivity index (χ1v) is 7.27. The van der Waals surface area contributed by atoms with Crippen molar-refractivity contribution < 1.29 is 28.4 Å². The number of unbranched alkanes of at least 4 members (excludes halogenated alkanes) is 1. The van der Waals surface area contributed by atoms with Crippen molar-refractivity contribution in [1.29, 1.82) is 0 Å². The summed E-state index contributed by atoms with van der Waals surface area (Å²) in [4.78, 5) is 0. The Kier molecular flexibility index (Phi) is 9.34. The Bertz CT molecular complexity index is 268. The molecule has 5 unspecified atom stereocenters. The highest BCUT2D eigenvalue weighted by molar-refractivity contribution is 4.92. The smallest absolute Gasteiger partial charge is 0.186 e. The number of rotatable bonds is 10. The molecule has 0 bridgehead atoms. The predicted octanol–water partition coefficient (Wildman–Crippen LogP) is 0.158. The van der Waals surface area contributed by atoms with Gasteiger partial charge in [-0.3, -0.25) is 0 Å². The molecule has 1 rings (SSSR count). The van der Waals surface area contributed by atoms with E-state index in [1.54, 1.807) is 28.4 Å². The molecule has 5 atom stereocenters. The maximum Gasteiger partial charge on any atom is 0.186 e. The lowest BCUT2D eigenvalue weighted by Crippen LogP contribution is -2.61. The van der Waals surface area contributed by atoms with Crippen LogP contribution in [0.2, 0.25) is 0 Å². The molecule has 0 aliphatic carbocycles. The molecule has 7 nitrogen and oxygen atoms in total. The molecule has 21 heavy (non-hydrogen) atoms. The Morgan fingerprint density at radius 1 is 0.857 bits per heavy atom. The third kappa shape index (κ3) is 5.14. The first kappa shape index (κ1) is 18.8. The second kappa shape index (κ2) is 10.4. The molecule has 0 aromatic rings. The predicted molar refractivity (Wildman–Crippen MR) is 77.2 cm³/mol. The zero-order valence-electron chi connectivity index (χ0n) is 13.4. The fraction of sp³-hybridized carbons (Fsp3) is 1.00. The van der Waals surface area contributed by atoms with Crippen LogP contribution in [-0.2, 0) is 28.4 Å². The molecule has 1 aliphatic heterocycles. The van der Waals surface area contributed by atoms with Crippen molar-refractivity contribution in [3.63, 3.8) is 0 Å². The van der Waals surface area contributed by atoms with Gasteiger partial charge in [0.15, 0.2) is 6.29 Å². The quantitative estimate of drug-likeness (QED) is 0.576. The van der Waals surface area contributed by atoms with E-state index < -0.39 is 6.29 Å². The van der Waals surface area contributed by atoms with Crippen molar-refractivity contribution in [2.45, 2.75) is 43.5 Å². The van der Waals surface area contributed by atoms with E-state index in [0.29, 0.717) is 19.8 Å². The van der Waals surface area contributed by atoms with Crippen molar-refractivity contribution in [2.24, 2.45) is 5.73 Å². The fourth-order valence-electron chi connectivity index (χ4n) is 2.55. The van der Waals surface area contributed by atoms with Crippen LogP contribution in [0.3, 0.4) is 0 Å². The minimum atomic E-state index is -0.510. The van der Waals surface area contributed by atoms with Crippen molar-refractivity contribution in [2.75, 3.05) is 48.2 Å². The maximum absolute atomic E-state index is 5.88. The van der Waals surface area contributed by atoms with E-state index in [9.17, 15) is 0 Å². The molecule has 0 spiro atoms. The molecule has 0 aromatic carbocycles. The van der Waals surface area contributed by atoms with Gasteiger partial charge in [0.2, 0.25) is 0 Å². The van der Waals surface area contributed by atoms with Crippen molar-refractivity contribution in [1.82, 2.24) is 0 Å². The van der Waals surface area contributed by atoms with Gasteiger partial charge in [0.25, 0.3) is 0 Å². The molecule has 0 saturated carbocycles. The van der Waals surface area contributed by atoms with Crippen LogP contribution in [0.4, 0.5) is 0 Å². The van der Waals surface area contributed by atoms with Crippen molar-refractivity contribution >= 4 is 0 Å². The maximum atomic E-state index is 5.88. The summed E-state index contributed by atoms with van der Waals surface area (Å²) in [5, 5.41) is 0. The van der Waals surface area contributed by atoms with E-state index in [0.717, 1.165) is 12.8 Å². The summed E-state index contributed by atoms with van der Waals surface area (Å²) in [7, 11) is 6.43. The molecular weight excluding hydrogens is 278 g/mol. The summed E-state index contributed by atoms with van der Waals surface area (Å²) in [6.07, 6.45) is 0.198. The highest BCUT2D eigenvalue weighted by atomic mass is 16.7. The standard InChI is InChI=1S/C14H29NO6/c1-16-11-10(9-20-8-6-5-7-15)21-14(19-4)13(18-3)12(11)17-2/h10-14H,5-9,15H2,1-4H3. The molecule has 1 saturated heterocycles. The van der Waals surface area contributed by atoms with Gasteiger partial charge in [0, 0.05) is 35.0 Å². The lowest BCUT2D eigenvalue weighted by Gasteiger charge is -2.44. The molecule has 1 heterocycles. The average molecular weight is 307 g/mol. The number of ether oxygens (including phenoxy) is 6. The van der Waals surface area contributed by atoms with Gasteiger partial charge in [-0.25, -0.2) is 0 Å². The van der Waals surface area contributed by atoms with Gasteiger partial charge in [-0.15, -0.1) is 0 Å². The van der Waals surface area contributed by atoms with Crippen LogP contribution in [0.15, 0.2) is 0 Å². The highest BCUT2D eigenvalue weighted by Crippen LogP contribution is 2.27. The first-order chi connectivity index (χ1) is 10.2. The molecule has 0 amide bonds.